The number of benzene rings is 2. The number of hydrogen-bond donors (Lipinski definition) is 1. The van der Waals surface area contributed by atoms with Crippen molar-refractivity contribution < 1.29 is 13.2 Å². The maximum Gasteiger partial charge on any atom is 0.238 e. The second-order valence-electron chi connectivity index (χ2n) is 7.42. The molecule has 1 amide bonds. The molecule has 1 aliphatic heterocycles. The van der Waals surface area contributed by atoms with E-state index in [0.717, 1.165) is 53.7 Å². The van der Waals surface area contributed by atoms with Crippen LogP contribution in [0.5, 0.6) is 0 Å². The maximum absolute atomic E-state index is 12.3. The number of anilines is 2. The molecule has 0 unspecified atom stereocenters. The van der Waals surface area contributed by atoms with Gasteiger partial charge in [0, 0.05) is 42.3 Å². The summed E-state index contributed by atoms with van der Waals surface area (Å²) in [6.07, 6.45) is 0.951. The van der Waals surface area contributed by atoms with E-state index in [1.165, 1.54) is 17.0 Å². The minimum atomic E-state index is -3.60. The van der Waals surface area contributed by atoms with Gasteiger partial charge in [-0.2, -0.15) is 0 Å². The van der Waals surface area contributed by atoms with E-state index in [0.29, 0.717) is 0 Å². The highest BCUT2D eigenvalue weighted by atomic mass is 32.2. The minimum absolute atomic E-state index is 0.0288. The zero-order valence-electron chi connectivity index (χ0n) is 17.2. The highest BCUT2D eigenvalue weighted by Gasteiger charge is 2.23. The molecule has 3 aromatic rings. The Bertz CT molecular complexity index is 1140. The summed E-state index contributed by atoms with van der Waals surface area (Å²) in [6, 6.07) is 20.0. The van der Waals surface area contributed by atoms with Crippen molar-refractivity contribution in [3.8, 4) is 11.3 Å². The summed E-state index contributed by atoms with van der Waals surface area (Å²) in [5.41, 5.74) is 2.86. The first-order valence-corrected chi connectivity index (χ1v) is 12.7. The fourth-order valence-electron chi connectivity index (χ4n) is 3.60. The average molecular weight is 457 g/mol. The van der Waals surface area contributed by atoms with Crippen LogP contribution in [0, 0.1) is 0 Å². The summed E-state index contributed by atoms with van der Waals surface area (Å²) in [5, 5.41) is 0.855. The lowest BCUT2D eigenvalue weighted by Crippen LogP contribution is -2.46. The minimum Gasteiger partial charge on any atom is -0.368 e. The summed E-state index contributed by atoms with van der Waals surface area (Å²) in [4.78, 5) is 22.5. The van der Waals surface area contributed by atoms with Crippen LogP contribution in [0.3, 0.4) is 0 Å². The predicted octanol–water partition coefficient (Wildman–Crippen LogP) is 2.76. The number of hydrogen-bond acceptors (Lipinski definition) is 7. The average Bonchev–Trinajstić information content (AvgIpc) is 3.17. The molecule has 0 aliphatic carbocycles. The van der Waals surface area contributed by atoms with Crippen LogP contribution in [-0.4, -0.2) is 51.7 Å². The number of piperazine rings is 1. The molecule has 1 N–H and O–H groups in total. The molecule has 1 aliphatic rings. The van der Waals surface area contributed by atoms with Gasteiger partial charge in [-0.05, 0) is 12.1 Å². The molecule has 1 fully saturated rings. The summed E-state index contributed by atoms with van der Waals surface area (Å²) in [7, 11) is -3.60. The van der Waals surface area contributed by atoms with Gasteiger partial charge in [-0.25, -0.2) is 13.4 Å². The van der Waals surface area contributed by atoms with Crippen LogP contribution in [-0.2, 0) is 21.2 Å². The van der Waals surface area contributed by atoms with Crippen LogP contribution >= 0.6 is 11.3 Å². The molecule has 0 atom stereocenters. The Hall–Kier alpha value is -2.91. The van der Waals surface area contributed by atoms with Crippen molar-refractivity contribution in [2.45, 2.75) is 6.42 Å². The van der Waals surface area contributed by atoms with Crippen molar-refractivity contribution in [2.75, 3.05) is 42.2 Å². The van der Waals surface area contributed by atoms with Gasteiger partial charge in [-0.3, -0.25) is 9.52 Å². The number of amides is 1. The van der Waals surface area contributed by atoms with Crippen LogP contribution in [0.15, 0.2) is 60.7 Å². The van der Waals surface area contributed by atoms with Gasteiger partial charge in [0.15, 0.2) is 5.13 Å². The highest BCUT2D eigenvalue weighted by molar-refractivity contribution is 7.89. The van der Waals surface area contributed by atoms with Crippen LogP contribution in [0.25, 0.3) is 11.3 Å². The molecule has 0 spiro atoms. The molecule has 4 rings (SSSR count). The highest BCUT2D eigenvalue weighted by Crippen LogP contribution is 2.34. The number of nitrogens with zero attached hydrogens (tertiary/aromatic N) is 3. The van der Waals surface area contributed by atoms with E-state index < -0.39 is 15.9 Å². The van der Waals surface area contributed by atoms with E-state index >= 15 is 0 Å². The van der Waals surface area contributed by atoms with Gasteiger partial charge in [0.2, 0.25) is 15.9 Å². The predicted molar refractivity (Wildman–Crippen MR) is 125 cm³/mol. The summed E-state index contributed by atoms with van der Waals surface area (Å²) in [5.74, 6) is -0.552. The van der Waals surface area contributed by atoms with Gasteiger partial charge in [0.05, 0.1) is 18.4 Å². The summed E-state index contributed by atoms with van der Waals surface area (Å²) in [6.45, 7) is 3.42. The first-order valence-electron chi connectivity index (χ1n) is 10.00. The number of thiazole rings is 1. The molecule has 1 aromatic heterocycles. The molecule has 0 bridgehead atoms. The van der Waals surface area contributed by atoms with E-state index in [1.807, 2.05) is 48.5 Å². The second kappa shape index (κ2) is 9.07. The fraction of sp³-hybridized carbons (Fsp3) is 0.273. The van der Waals surface area contributed by atoms with Gasteiger partial charge in [0.25, 0.3) is 0 Å². The number of rotatable bonds is 6. The van der Waals surface area contributed by atoms with Crippen LogP contribution in [0.1, 0.15) is 4.88 Å². The van der Waals surface area contributed by atoms with E-state index in [2.05, 4.69) is 26.7 Å². The molecular weight excluding hydrogens is 432 g/mol. The third kappa shape index (κ3) is 5.42. The number of aromatic nitrogens is 1. The summed E-state index contributed by atoms with van der Waals surface area (Å²) < 4.78 is 24.9. The summed E-state index contributed by atoms with van der Waals surface area (Å²) >= 11 is 1.45. The second-order valence-corrected chi connectivity index (χ2v) is 10.2. The Morgan fingerprint density at radius 1 is 0.968 bits per heavy atom. The topological polar surface area (TPSA) is 82.6 Å². The lowest BCUT2D eigenvalue weighted by molar-refractivity contribution is -0.118. The standard InChI is InChI=1S/C22H24N4O3S2/c1-31(28,29)24-20(27)16-19-21(17-8-4-2-5-9-17)23-22(30-19)26-14-12-25(13-15-26)18-10-6-3-7-11-18/h2-11H,12-16H2,1H3,(H,24,27). The van der Waals surface area contributed by atoms with Crippen LogP contribution in [0.2, 0.25) is 0 Å². The third-order valence-corrected chi connectivity index (χ3v) is 6.74. The van der Waals surface area contributed by atoms with Crippen molar-refractivity contribution in [2.24, 2.45) is 0 Å². The molecule has 7 nitrogen and oxygen atoms in total. The molecule has 0 radical (unpaired) electrons. The third-order valence-electron chi connectivity index (χ3n) is 5.03. The number of carbonyl (C=O) groups is 1. The zero-order chi connectivity index (χ0) is 21.8. The maximum atomic E-state index is 12.3. The van der Waals surface area contributed by atoms with Crippen LogP contribution < -0.4 is 14.5 Å². The Balaban J connectivity index is 1.55. The fourth-order valence-corrected chi connectivity index (χ4v) is 5.22. The first kappa shape index (κ1) is 21.3. The molecular formula is C22H24N4O3S2. The van der Waals surface area contributed by atoms with Crippen LogP contribution in [0.4, 0.5) is 10.8 Å². The quantitative estimate of drug-likeness (QED) is 0.614. The largest absolute Gasteiger partial charge is 0.368 e. The Morgan fingerprint density at radius 3 is 2.16 bits per heavy atom. The Kier molecular flexibility index (Phi) is 6.24. The SMILES string of the molecule is CS(=O)(=O)NC(=O)Cc1sc(N2CCN(c3ccccc3)CC2)nc1-c1ccccc1. The molecule has 162 valence electrons. The molecule has 31 heavy (non-hydrogen) atoms. The van der Waals surface area contributed by atoms with Gasteiger partial charge in [-0.1, -0.05) is 48.5 Å². The van der Waals surface area contributed by atoms with Crippen molar-refractivity contribution in [3.05, 3.63) is 65.5 Å². The molecule has 2 aromatic carbocycles. The zero-order valence-corrected chi connectivity index (χ0v) is 18.8. The van der Waals surface area contributed by atoms with Gasteiger partial charge in [-0.15, -0.1) is 11.3 Å². The lowest BCUT2D eigenvalue weighted by atomic mass is 10.1. The van der Waals surface area contributed by atoms with E-state index in [9.17, 15) is 13.2 Å². The Morgan fingerprint density at radius 2 is 1.55 bits per heavy atom. The first-order chi connectivity index (χ1) is 14.9. The number of sulfonamides is 1. The molecule has 2 heterocycles. The smallest absolute Gasteiger partial charge is 0.238 e. The molecule has 9 heteroatoms. The molecule has 1 saturated heterocycles. The van der Waals surface area contributed by atoms with Gasteiger partial charge < -0.3 is 9.80 Å². The van der Waals surface area contributed by atoms with Crippen molar-refractivity contribution in [3.63, 3.8) is 0 Å². The van der Waals surface area contributed by atoms with Crippen molar-refractivity contribution >= 4 is 38.1 Å². The van der Waals surface area contributed by atoms with E-state index in [-0.39, 0.29) is 6.42 Å². The van der Waals surface area contributed by atoms with Crippen molar-refractivity contribution in [1.29, 1.82) is 0 Å². The normalized spacial score (nSPS) is 14.5. The van der Waals surface area contributed by atoms with E-state index in [1.54, 1.807) is 0 Å². The Labute approximate surface area is 186 Å². The lowest BCUT2D eigenvalue weighted by Gasteiger charge is -2.36. The monoisotopic (exact) mass is 456 g/mol. The van der Waals surface area contributed by atoms with Gasteiger partial charge >= 0.3 is 0 Å². The molecule has 0 saturated carbocycles. The van der Waals surface area contributed by atoms with E-state index in [4.69, 9.17) is 4.98 Å². The number of carbonyl (C=O) groups excluding carboxylic acids is 1. The number of nitrogens with one attached hydrogen (secondary N) is 1. The number of para-hydroxylation sites is 1. The van der Waals surface area contributed by atoms with Gasteiger partial charge in [0.1, 0.15) is 0 Å². The van der Waals surface area contributed by atoms with Crippen molar-refractivity contribution in [1.82, 2.24) is 9.71 Å².